The molecule has 3 heterocycles. The van der Waals surface area contributed by atoms with E-state index in [1.807, 2.05) is 29.2 Å². The highest BCUT2D eigenvalue weighted by molar-refractivity contribution is 9.10. The minimum absolute atomic E-state index is 0.0199. The van der Waals surface area contributed by atoms with Crippen molar-refractivity contribution < 1.29 is 14.3 Å². The molecule has 28 heavy (non-hydrogen) atoms. The number of ether oxygens (including phenoxy) is 2. The summed E-state index contributed by atoms with van der Waals surface area (Å²) in [5.41, 5.74) is 1.33. The molecule has 1 fully saturated rings. The molecule has 148 valence electrons. The van der Waals surface area contributed by atoms with Gasteiger partial charge in [-0.15, -0.1) is 0 Å². The van der Waals surface area contributed by atoms with Crippen LogP contribution in [0.25, 0.3) is 0 Å². The normalized spacial score (nSPS) is 20.7. The first-order chi connectivity index (χ1) is 13.5. The van der Waals surface area contributed by atoms with Gasteiger partial charge < -0.3 is 14.4 Å². The predicted molar refractivity (Wildman–Crippen MR) is 110 cm³/mol. The van der Waals surface area contributed by atoms with Gasteiger partial charge in [0, 0.05) is 48.6 Å². The van der Waals surface area contributed by atoms with E-state index in [-0.39, 0.29) is 23.7 Å². The number of halogens is 1. The number of fused-ring (bicyclic) bond motifs is 1. The summed E-state index contributed by atoms with van der Waals surface area (Å²) in [6.07, 6.45) is 4.25. The van der Waals surface area contributed by atoms with Crippen LogP contribution in [-0.2, 0) is 4.74 Å². The van der Waals surface area contributed by atoms with E-state index in [1.54, 1.807) is 12.3 Å². The molecular formula is C22H25BrN2O3. The van der Waals surface area contributed by atoms with Crippen molar-refractivity contribution in [3.05, 3.63) is 58.3 Å². The van der Waals surface area contributed by atoms with Crippen molar-refractivity contribution >= 4 is 21.8 Å². The molecule has 1 atom stereocenters. The van der Waals surface area contributed by atoms with Crippen LogP contribution in [0.2, 0.25) is 0 Å². The molecule has 0 radical (unpaired) electrons. The van der Waals surface area contributed by atoms with Gasteiger partial charge in [-0.3, -0.25) is 4.79 Å². The quantitative estimate of drug-likeness (QED) is 0.683. The second-order valence-corrected chi connectivity index (χ2v) is 8.77. The molecule has 0 bridgehead atoms. The number of nitrogens with zero attached hydrogens (tertiary/aromatic N) is 2. The Morgan fingerprint density at radius 3 is 2.68 bits per heavy atom. The zero-order chi connectivity index (χ0) is 19.7. The molecule has 2 aliphatic heterocycles. The summed E-state index contributed by atoms with van der Waals surface area (Å²) in [6.45, 7) is 5.45. The van der Waals surface area contributed by atoms with Crippen molar-refractivity contribution in [1.82, 2.24) is 9.88 Å². The van der Waals surface area contributed by atoms with E-state index < -0.39 is 0 Å². The molecule has 4 rings (SSSR count). The molecule has 1 aromatic carbocycles. The minimum atomic E-state index is -0.280. The zero-order valence-electron chi connectivity index (χ0n) is 16.2. The third-order valence-corrected chi connectivity index (χ3v) is 5.96. The second kappa shape index (κ2) is 7.84. The van der Waals surface area contributed by atoms with Crippen LogP contribution in [0.15, 0.2) is 47.1 Å². The summed E-state index contributed by atoms with van der Waals surface area (Å²) in [5, 5.41) is 0. The molecule has 0 N–H and O–H groups in total. The molecule has 1 saturated heterocycles. The lowest BCUT2D eigenvalue weighted by Gasteiger charge is -2.47. The maximum Gasteiger partial charge on any atom is 0.272 e. The maximum atomic E-state index is 12.8. The number of pyridine rings is 1. The predicted octanol–water partition coefficient (Wildman–Crippen LogP) is 4.77. The molecule has 1 aromatic heterocycles. The van der Waals surface area contributed by atoms with E-state index in [4.69, 9.17) is 9.47 Å². The molecule has 1 spiro atoms. The van der Waals surface area contributed by atoms with Gasteiger partial charge >= 0.3 is 0 Å². The van der Waals surface area contributed by atoms with Crippen LogP contribution in [-0.4, -0.2) is 40.6 Å². The van der Waals surface area contributed by atoms with E-state index in [2.05, 4.69) is 40.8 Å². The van der Waals surface area contributed by atoms with Crippen LogP contribution < -0.4 is 4.74 Å². The fraction of sp³-hybridized carbons (Fsp3) is 0.455. The summed E-state index contributed by atoms with van der Waals surface area (Å²) in [7, 11) is 0. The van der Waals surface area contributed by atoms with E-state index in [1.165, 1.54) is 0 Å². The molecule has 1 unspecified atom stereocenters. The van der Waals surface area contributed by atoms with Crippen molar-refractivity contribution in [1.29, 1.82) is 0 Å². The van der Waals surface area contributed by atoms with Crippen LogP contribution in [0.1, 0.15) is 55.3 Å². The number of rotatable bonds is 3. The molecule has 0 aliphatic carbocycles. The summed E-state index contributed by atoms with van der Waals surface area (Å²) >= 11 is 3.36. The largest absolute Gasteiger partial charge is 0.487 e. The lowest BCUT2D eigenvalue weighted by Crippen LogP contribution is -2.52. The Hall–Kier alpha value is -1.92. The Morgan fingerprint density at radius 2 is 2.00 bits per heavy atom. The Morgan fingerprint density at radius 1 is 1.25 bits per heavy atom. The minimum Gasteiger partial charge on any atom is -0.487 e. The average molecular weight is 445 g/mol. The molecule has 5 nitrogen and oxygen atoms in total. The average Bonchev–Trinajstić information content (AvgIpc) is 2.68. The SMILES string of the molecule is CC(C)OC1CC2(CCN(C(=O)c3ccc(Br)cn3)CC2)Oc2ccccc21. The van der Waals surface area contributed by atoms with Gasteiger partial charge in [-0.25, -0.2) is 4.98 Å². The van der Waals surface area contributed by atoms with E-state index in [0.29, 0.717) is 18.8 Å². The van der Waals surface area contributed by atoms with Gasteiger partial charge in [0.15, 0.2) is 0 Å². The first-order valence-corrected chi connectivity index (χ1v) is 10.6. The summed E-state index contributed by atoms with van der Waals surface area (Å²) < 4.78 is 13.6. The van der Waals surface area contributed by atoms with Gasteiger partial charge in [0.1, 0.15) is 17.0 Å². The lowest BCUT2D eigenvalue weighted by atomic mass is 9.81. The van der Waals surface area contributed by atoms with Gasteiger partial charge in [-0.2, -0.15) is 0 Å². The van der Waals surface area contributed by atoms with E-state index >= 15 is 0 Å². The second-order valence-electron chi connectivity index (χ2n) is 7.85. The molecule has 0 saturated carbocycles. The van der Waals surface area contributed by atoms with Crippen molar-refractivity contribution in [2.45, 2.75) is 50.9 Å². The third-order valence-electron chi connectivity index (χ3n) is 5.49. The monoisotopic (exact) mass is 444 g/mol. The zero-order valence-corrected chi connectivity index (χ0v) is 17.8. The molecule has 2 aromatic rings. The standard InChI is InChI=1S/C22H25BrN2O3/c1-15(2)27-20-13-22(28-19-6-4-3-5-17(19)20)9-11-25(12-10-22)21(26)18-8-7-16(23)14-24-18/h3-8,14-15,20H,9-13H2,1-2H3. The van der Waals surface area contributed by atoms with E-state index in [0.717, 1.165) is 35.0 Å². The van der Waals surface area contributed by atoms with Crippen molar-refractivity contribution in [3.8, 4) is 5.75 Å². The van der Waals surface area contributed by atoms with Crippen molar-refractivity contribution in [2.24, 2.45) is 0 Å². The van der Waals surface area contributed by atoms with Crippen LogP contribution in [0.4, 0.5) is 0 Å². The number of aromatic nitrogens is 1. The van der Waals surface area contributed by atoms with Gasteiger partial charge in [0.2, 0.25) is 0 Å². The highest BCUT2D eigenvalue weighted by Gasteiger charge is 2.44. The van der Waals surface area contributed by atoms with Crippen molar-refractivity contribution in [2.75, 3.05) is 13.1 Å². The van der Waals surface area contributed by atoms with Crippen LogP contribution in [0.3, 0.4) is 0 Å². The lowest BCUT2D eigenvalue weighted by molar-refractivity contribution is -0.0872. The first-order valence-electron chi connectivity index (χ1n) is 9.80. The molecule has 6 heteroatoms. The number of hydrogen-bond donors (Lipinski definition) is 0. The van der Waals surface area contributed by atoms with Crippen molar-refractivity contribution in [3.63, 3.8) is 0 Å². The molecule has 2 aliphatic rings. The third kappa shape index (κ3) is 3.94. The number of carbonyl (C=O) groups is 1. The Balaban J connectivity index is 1.49. The maximum absolute atomic E-state index is 12.8. The summed E-state index contributed by atoms with van der Waals surface area (Å²) in [5.74, 6) is 0.891. The number of amides is 1. The summed E-state index contributed by atoms with van der Waals surface area (Å²) in [4.78, 5) is 18.9. The number of likely N-dealkylation sites (tertiary alicyclic amines) is 1. The molecular weight excluding hydrogens is 420 g/mol. The van der Waals surface area contributed by atoms with Crippen LogP contribution in [0.5, 0.6) is 5.75 Å². The van der Waals surface area contributed by atoms with Gasteiger partial charge in [0.05, 0.1) is 12.2 Å². The first kappa shape index (κ1) is 19.4. The smallest absolute Gasteiger partial charge is 0.272 e. The number of hydrogen-bond acceptors (Lipinski definition) is 4. The summed E-state index contributed by atoms with van der Waals surface area (Å²) in [6, 6.07) is 11.8. The van der Waals surface area contributed by atoms with Crippen LogP contribution in [0, 0.1) is 0 Å². The Labute approximate surface area is 174 Å². The van der Waals surface area contributed by atoms with Crippen LogP contribution >= 0.6 is 15.9 Å². The van der Waals surface area contributed by atoms with Gasteiger partial charge in [0.25, 0.3) is 5.91 Å². The van der Waals surface area contributed by atoms with Gasteiger partial charge in [-0.1, -0.05) is 18.2 Å². The number of benzene rings is 1. The molecule has 1 amide bonds. The highest BCUT2D eigenvalue weighted by Crippen LogP contribution is 2.46. The fourth-order valence-electron chi connectivity index (χ4n) is 4.10. The topological polar surface area (TPSA) is 51.7 Å². The number of carbonyl (C=O) groups excluding carboxylic acids is 1. The van der Waals surface area contributed by atoms with Gasteiger partial charge in [-0.05, 0) is 48.0 Å². The number of piperidine rings is 1. The Bertz CT molecular complexity index is 845. The highest BCUT2D eigenvalue weighted by atomic mass is 79.9. The van der Waals surface area contributed by atoms with E-state index in [9.17, 15) is 4.79 Å². The fourth-order valence-corrected chi connectivity index (χ4v) is 4.33. The number of para-hydroxylation sites is 1. The Kier molecular flexibility index (Phi) is 5.43.